The van der Waals surface area contributed by atoms with Gasteiger partial charge in [0.2, 0.25) is 5.82 Å². The topological polar surface area (TPSA) is 81.9 Å². The number of hydrogen-bond donors (Lipinski definition) is 0. The summed E-state index contributed by atoms with van der Waals surface area (Å²) < 4.78 is 48.1. The van der Waals surface area contributed by atoms with Crippen LogP contribution in [0.3, 0.4) is 0 Å². The highest BCUT2D eigenvalue weighted by Crippen LogP contribution is 2.27. The molecule has 0 radical (unpaired) electrons. The van der Waals surface area contributed by atoms with E-state index in [1.54, 1.807) is 29.4 Å². The van der Waals surface area contributed by atoms with Crippen LogP contribution in [-0.4, -0.2) is 55.9 Å². The summed E-state index contributed by atoms with van der Waals surface area (Å²) in [5, 5.41) is 4.13. The molecular weight excluding hydrogens is 391 g/mol. The zero-order valence-corrected chi connectivity index (χ0v) is 15.0. The molecule has 0 unspecified atom stereocenters. The lowest BCUT2D eigenvalue weighted by Crippen LogP contribution is -2.42. The highest BCUT2D eigenvalue weighted by molar-refractivity contribution is 5.90. The molecule has 1 aliphatic heterocycles. The van der Waals surface area contributed by atoms with Crippen LogP contribution in [0.25, 0.3) is 5.78 Å². The van der Waals surface area contributed by atoms with Crippen molar-refractivity contribution < 1.29 is 27.4 Å². The first kappa shape index (κ1) is 19.0. The van der Waals surface area contributed by atoms with Crippen LogP contribution in [0.2, 0.25) is 0 Å². The number of rotatable bonds is 4. The Hall–Kier alpha value is -3.37. The van der Waals surface area contributed by atoms with Crippen molar-refractivity contribution in [1.29, 1.82) is 0 Å². The van der Waals surface area contributed by atoms with E-state index in [2.05, 4.69) is 19.8 Å². The number of fused-ring (bicyclic) bond motifs is 1. The molecule has 0 spiro atoms. The second-order valence-electron chi connectivity index (χ2n) is 6.43. The molecule has 1 aliphatic rings. The number of amides is 1. The fourth-order valence-electron chi connectivity index (χ4n) is 3.08. The predicted molar refractivity (Wildman–Crippen MR) is 93.5 cm³/mol. The number of likely N-dealkylation sites (tertiary alicyclic amines) is 1. The van der Waals surface area contributed by atoms with Crippen LogP contribution >= 0.6 is 0 Å². The number of ether oxygens (including phenoxy) is 2. The van der Waals surface area contributed by atoms with E-state index in [4.69, 9.17) is 4.74 Å². The van der Waals surface area contributed by atoms with Crippen molar-refractivity contribution in [2.24, 2.45) is 0 Å². The van der Waals surface area contributed by atoms with Crippen molar-refractivity contribution in [3.8, 4) is 11.5 Å². The minimum Gasteiger partial charge on any atom is -0.490 e. The van der Waals surface area contributed by atoms with Crippen LogP contribution < -0.4 is 9.47 Å². The van der Waals surface area contributed by atoms with E-state index >= 15 is 0 Å². The summed E-state index contributed by atoms with van der Waals surface area (Å²) in [6.45, 7) is 0.844. The van der Waals surface area contributed by atoms with Crippen molar-refractivity contribution in [1.82, 2.24) is 24.5 Å². The molecule has 1 saturated heterocycles. The van der Waals surface area contributed by atoms with Gasteiger partial charge in [0.25, 0.3) is 11.7 Å². The third-order valence-electron chi connectivity index (χ3n) is 4.38. The molecule has 11 heteroatoms. The maximum absolute atomic E-state index is 12.6. The molecule has 2 aromatic heterocycles. The van der Waals surface area contributed by atoms with Gasteiger partial charge in [-0.15, -0.1) is 18.3 Å². The standard InChI is InChI=1S/C18H16F3N5O3/c19-18(20,21)29-14-4-1-3-13(11-14)28-12-5-9-25(10-6-12)16(27)15-23-17-22-7-2-8-26(17)24-15/h1-4,7-8,11-12H,5-6,9-10H2. The summed E-state index contributed by atoms with van der Waals surface area (Å²) in [6, 6.07) is 7.08. The highest BCUT2D eigenvalue weighted by Gasteiger charge is 2.31. The first-order valence-electron chi connectivity index (χ1n) is 8.86. The SMILES string of the molecule is O=C(c1nc2ncccn2n1)N1CCC(Oc2cccc(OC(F)(F)F)c2)CC1. The lowest BCUT2D eigenvalue weighted by Gasteiger charge is -2.31. The minimum absolute atomic E-state index is 0.0695. The monoisotopic (exact) mass is 407 g/mol. The third-order valence-corrected chi connectivity index (χ3v) is 4.38. The molecule has 0 atom stereocenters. The number of aromatic nitrogens is 4. The normalized spacial score (nSPS) is 15.5. The molecule has 3 heterocycles. The van der Waals surface area contributed by atoms with Gasteiger partial charge in [-0.2, -0.15) is 4.98 Å². The van der Waals surface area contributed by atoms with Crippen molar-refractivity contribution >= 4 is 11.7 Å². The molecule has 29 heavy (non-hydrogen) atoms. The van der Waals surface area contributed by atoms with Gasteiger partial charge in [0.15, 0.2) is 0 Å². The number of carbonyl (C=O) groups is 1. The van der Waals surface area contributed by atoms with Gasteiger partial charge in [0.1, 0.15) is 17.6 Å². The molecule has 3 aromatic rings. The van der Waals surface area contributed by atoms with Gasteiger partial charge in [-0.3, -0.25) is 4.79 Å². The molecule has 152 valence electrons. The summed E-state index contributed by atoms with van der Waals surface area (Å²) in [6.07, 6.45) is -0.704. The first-order chi connectivity index (χ1) is 13.9. The summed E-state index contributed by atoms with van der Waals surface area (Å²) in [5.41, 5.74) is 0. The molecule has 0 saturated carbocycles. The van der Waals surface area contributed by atoms with E-state index in [-0.39, 0.29) is 29.3 Å². The Morgan fingerprint density at radius 3 is 2.62 bits per heavy atom. The van der Waals surface area contributed by atoms with Gasteiger partial charge < -0.3 is 14.4 Å². The Bertz CT molecular complexity index is 982. The molecule has 0 aliphatic carbocycles. The van der Waals surface area contributed by atoms with Crippen molar-refractivity contribution in [2.75, 3.05) is 13.1 Å². The summed E-state index contributed by atoms with van der Waals surface area (Å²) in [4.78, 5) is 22.4. The number of carbonyl (C=O) groups excluding carboxylic acids is 1. The Morgan fingerprint density at radius 1 is 1.14 bits per heavy atom. The van der Waals surface area contributed by atoms with E-state index in [0.29, 0.717) is 31.7 Å². The van der Waals surface area contributed by atoms with Crippen LogP contribution in [-0.2, 0) is 0 Å². The van der Waals surface area contributed by atoms with Gasteiger partial charge in [-0.25, -0.2) is 9.50 Å². The van der Waals surface area contributed by atoms with Crippen LogP contribution in [0.15, 0.2) is 42.7 Å². The van der Waals surface area contributed by atoms with E-state index in [1.807, 2.05) is 0 Å². The summed E-state index contributed by atoms with van der Waals surface area (Å²) >= 11 is 0. The largest absolute Gasteiger partial charge is 0.573 e. The third kappa shape index (κ3) is 4.55. The smallest absolute Gasteiger partial charge is 0.490 e. The zero-order valence-electron chi connectivity index (χ0n) is 15.0. The molecule has 1 aromatic carbocycles. The molecule has 0 bridgehead atoms. The number of piperidine rings is 1. The fourth-order valence-corrected chi connectivity index (χ4v) is 3.08. The van der Waals surface area contributed by atoms with Crippen molar-refractivity contribution in [2.45, 2.75) is 25.3 Å². The second kappa shape index (κ2) is 7.57. The molecule has 1 fully saturated rings. The minimum atomic E-state index is -4.76. The lowest BCUT2D eigenvalue weighted by molar-refractivity contribution is -0.274. The van der Waals surface area contributed by atoms with Gasteiger partial charge in [0.05, 0.1) is 0 Å². The zero-order chi connectivity index (χ0) is 20.4. The van der Waals surface area contributed by atoms with E-state index in [0.717, 1.165) is 0 Å². The van der Waals surface area contributed by atoms with Gasteiger partial charge in [-0.1, -0.05) is 6.07 Å². The lowest BCUT2D eigenvalue weighted by atomic mass is 10.1. The number of hydrogen-bond acceptors (Lipinski definition) is 6. The van der Waals surface area contributed by atoms with Crippen LogP contribution in [0.1, 0.15) is 23.5 Å². The van der Waals surface area contributed by atoms with E-state index < -0.39 is 6.36 Å². The fraction of sp³-hybridized carbons (Fsp3) is 0.333. The molecular formula is C18H16F3N5O3. The quantitative estimate of drug-likeness (QED) is 0.662. The Morgan fingerprint density at radius 2 is 1.90 bits per heavy atom. The highest BCUT2D eigenvalue weighted by atomic mass is 19.4. The first-order valence-corrected chi connectivity index (χ1v) is 8.86. The molecule has 1 amide bonds. The van der Waals surface area contributed by atoms with Crippen molar-refractivity contribution in [3.05, 3.63) is 48.5 Å². The summed E-state index contributed by atoms with van der Waals surface area (Å²) in [7, 11) is 0. The van der Waals surface area contributed by atoms with Gasteiger partial charge >= 0.3 is 6.36 Å². The average molecular weight is 407 g/mol. The predicted octanol–water partition coefficient (Wildman–Crippen LogP) is 2.71. The van der Waals surface area contributed by atoms with Gasteiger partial charge in [0, 0.05) is 44.4 Å². The summed E-state index contributed by atoms with van der Waals surface area (Å²) in [5.74, 6) is 0.0587. The van der Waals surface area contributed by atoms with Crippen LogP contribution in [0, 0.1) is 0 Å². The number of benzene rings is 1. The second-order valence-corrected chi connectivity index (χ2v) is 6.43. The Balaban J connectivity index is 1.34. The van der Waals surface area contributed by atoms with E-state index in [9.17, 15) is 18.0 Å². The number of nitrogens with zero attached hydrogens (tertiary/aromatic N) is 5. The Labute approximate surface area is 162 Å². The van der Waals surface area contributed by atoms with Crippen LogP contribution in [0.5, 0.6) is 11.5 Å². The van der Waals surface area contributed by atoms with Gasteiger partial charge in [-0.05, 0) is 18.2 Å². The number of alkyl halides is 3. The average Bonchev–Trinajstić information content (AvgIpc) is 3.11. The molecule has 8 nitrogen and oxygen atoms in total. The van der Waals surface area contributed by atoms with E-state index in [1.165, 1.54) is 22.7 Å². The number of halogens is 3. The molecule has 4 rings (SSSR count). The Kier molecular flexibility index (Phi) is 4.95. The molecule has 0 N–H and O–H groups in total. The van der Waals surface area contributed by atoms with Crippen molar-refractivity contribution in [3.63, 3.8) is 0 Å². The maximum atomic E-state index is 12.6. The maximum Gasteiger partial charge on any atom is 0.573 e. The van der Waals surface area contributed by atoms with Crippen LogP contribution in [0.4, 0.5) is 13.2 Å².